The van der Waals surface area contributed by atoms with Crippen molar-refractivity contribution >= 4 is 17.4 Å². The molecule has 1 amide bonds. The Hall–Kier alpha value is -2.94. The van der Waals surface area contributed by atoms with Crippen LogP contribution in [-0.4, -0.2) is 29.2 Å². The molecule has 0 spiro atoms. The molecule has 1 heterocycles. The van der Waals surface area contributed by atoms with Gasteiger partial charge in [0.25, 0.3) is 5.91 Å². The molecule has 0 fully saturated rings. The molecule has 2 aromatic rings. The maximum absolute atomic E-state index is 12.1. The largest absolute Gasteiger partial charge is 0.356 e. The summed E-state index contributed by atoms with van der Waals surface area (Å²) in [5, 5.41) is 19.5. The third kappa shape index (κ3) is 3.58. The van der Waals surface area contributed by atoms with Gasteiger partial charge >= 0.3 is 0 Å². The summed E-state index contributed by atoms with van der Waals surface area (Å²) in [6, 6.07) is 12.1. The van der Waals surface area contributed by atoms with E-state index in [0.29, 0.717) is 11.3 Å². The van der Waals surface area contributed by atoms with Crippen LogP contribution >= 0.6 is 0 Å². The molecule has 1 aromatic heterocycles. The predicted molar refractivity (Wildman–Crippen MR) is 84.7 cm³/mol. The second-order valence-electron chi connectivity index (χ2n) is 4.59. The molecule has 0 radical (unpaired) electrons. The van der Waals surface area contributed by atoms with E-state index in [1.54, 1.807) is 36.4 Å². The fourth-order valence-electron chi connectivity index (χ4n) is 1.99. The first-order valence-corrected chi connectivity index (χ1v) is 7.08. The first-order valence-electron chi connectivity index (χ1n) is 7.08. The van der Waals surface area contributed by atoms with Gasteiger partial charge in [-0.15, -0.1) is 10.2 Å². The lowest BCUT2D eigenvalue weighted by Gasteiger charge is -2.18. The lowest BCUT2D eigenvalue weighted by molar-refractivity contribution is 0.102. The first kappa shape index (κ1) is 15.4. The van der Waals surface area contributed by atoms with Gasteiger partial charge in [0.2, 0.25) is 0 Å². The van der Waals surface area contributed by atoms with Crippen LogP contribution in [0, 0.1) is 11.3 Å². The number of carbonyl (C=O) groups is 1. The number of amides is 1. The molecule has 0 saturated heterocycles. The number of benzene rings is 1. The maximum Gasteiger partial charge on any atom is 0.276 e. The summed E-state index contributed by atoms with van der Waals surface area (Å²) >= 11 is 0. The van der Waals surface area contributed by atoms with E-state index in [4.69, 9.17) is 5.26 Å². The number of rotatable bonds is 5. The number of aromatic nitrogens is 2. The van der Waals surface area contributed by atoms with Crippen LogP contribution in [0.15, 0.2) is 36.4 Å². The van der Waals surface area contributed by atoms with E-state index in [-0.39, 0.29) is 11.6 Å². The van der Waals surface area contributed by atoms with Gasteiger partial charge in [0.15, 0.2) is 11.5 Å². The molecule has 6 nitrogen and oxygen atoms in total. The quantitative estimate of drug-likeness (QED) is 0.916. The minimum absolute atomic E-state index is 0.250. The average molecular weight is 295 g/mol. The van der Waals surface area contributed by atoms with Crippen molar-refractivity contribution < 1.29 is 4.79 Å². The minimum Gasteiger partial charge on any atom is -0.356 e. The van der Waals surface area contributed by atoms with Crippen molar-refractivity contribution in [2.24, 2.45) is 0 Å². The van der Waals surface area contributed by atoms with E-state index in [0.717, 1.165) is 18.9 Å². The zero-order valence-electron chi connectivity index (χ0n) is 12.6. The molecule has 0 atom stereocenters. The average Bonchev–Trinajstić information content (AvgIpc) is 2.57. The highest BCUT2D eigenvalue weighted by Crippen LogP contribution is 2.12. The molecular formula is C16H17N5O. The number of carbonyl (C=O) groups excluding carboxylic acids is 1. The second kappa shape index (κ2) is 7.18. The van der Waals surface area contributed by atoms with E-state index in [1.165, 1.54) is 0 Å². The number of anilines is 2. The van der Waals surface area contributed by atoms with Gasteiger partial charge < -0.3 is 10.2 Å². The molecule has 112 valence electrons. The van der Waals surface area contributed by atoms with E-state index in [1.807, 2.05) is 19.9 Å². The summed E-state index contributed by atoms with van der Waals surface area (Å²) in [4.78, 5) is 14.1. The number of nitrogens with zero attached hydrogens (tertiary/aromatic N) is 4. The monoisotopic (exact) mass is 295 g/mol. The maximum atomic E-state index is 12.1. The second-order valence-corrected chi connectivity index (χ2v) is 4.59. The lowest BCUT2D eigenvalue weighted by atomic mass is 10.2. The molecule has 0 aliphatic rings. The van der Waals surface area contributed by atoms with E-state index in [2.05, 4.69) is 20.4 Å². The summed E-state index contributed by atoms with van der Waals surface area (Å²) in [7, 11) is 0. The van der Waals surface area contributed by atoms with Gasteiger partial charge in [-0.2, -0.15) is 5.26 Å². The molecule has 1 aromatic carbocycles. The van der Waals surface area contributed by atoms with E-state index in [9.17, 15) is 4.79 Å². The van der Waals surface area contributed by atoms with Gasteiger partial charge in [-0.25, -0.2) is 0 Å². The summed E-state index contributed by atoms with van der Waals surface area (Å²) < 4.78 is 0. The topological polar surface area (TPSA) is 81.9 Å². The molecule has 0 saturated carbocycles. The Morgan fingerprint density at radius 3 is 2.32 bits per heavy atom. The summed E-state index contributed by atoms with van der Waals surface area (Å²) in [6.45, 7) is 5.75. The normalized spacial score (nSPS) is 9.86. The van der Waals surface area contributed by atoms with Crippen molar-refractivity contribution in [2.45, 2.75) is 13.8 Å². The van der Waals surface area contributed by atoms with Gasteiger partial charge in [-0.1, -0.05) is 0 Å². The Kier molecular flexibility index (Phi) is 5.04. The number of hydrogen-bond acceptors (Lipinski definition) is 5. The van der Waals surface area contributed by atoms with Crippen molar-refractivity contribution in [1.82, 2.24) is 10.2 Å². The molecule has 2 rings (SSSR count). The third-order valence-corrected chi connectivity index (χ3v) is 3.24. The van der Waals surface area contributed by atoms with Crippen LogP contribution in [0.25, 0.3) is 0 Å². The molecule has 0 aliphatic heterocycles. The number of nitrogens with one attached hydrogen (secondary N) is 1. The minimum atomic E-state index is -0.330. The fourth-order valence-corrected chi connectivity index (χ4v) is 1.99. The predicted octanol–water partition coefficient (Wildman–Crippen LogP) is 2.45. The van der Waals surface area contributed by atoms with Gasteiger partial charge in [0, 0.05) is 18.8 Å². The van der Waals surface area contributed by atoms with E-state index < -0.39 is 0 Å². The van der Waals surface area contributed by atoms with Gasteiger partial charge in [0.1, 0.15) is 0 Å². The molecular weight excluding hydrogens is 278 g/mol. The van der Waals surface area contributed by atoms with E-state index >= 15 is 0 Å². The Balaban J connectivity index is 2.07. The standard InChI is InChI=1S/C16H17N5O/c1-3-21(4-2)15-10-9-14(19-20-15)16(22)18-13-7-5-12(11-17)6-8-13/h5-10H,3-4H2,1-2H3,(H,18,22). The van der Waals surface area contributed by atoms with Gasteiger partial charge in [0.05, 0.1) is 11.6 Å². The molecule has 0 aliphatic carbocycles. The number of hydrogen-bond donors (Lipinski definition) is 1. The van der Waals surface area contributed by atoms with Crippen molar-refractivity contribution in [3.8, 4) is 6.07 Å². The smallest absolute Gasteiger partial charge is 0.276 e. The highest BCUT2D eigenvalue weighted by Gasteiger charge is 2.10. The Bertz CT molecular complexity index is 669. The Labute approximate surface area is 129 Å². The van der Waals surface area contributed by atoms with Gasteiger partial charge in [-0.05, 0) is 50.2 Å². The molecule has 0 unspecified atom stereocenters. The van der Waals surface area contributed by atoms with Crippen LogP contribution in [0.3, 0.4) is 0 Å². The zero-order chi connectivity index (χ0) is 15.9. The Morgan fingerprint density at radius 2 is 1.82 bits per heavy atom. The third-order valence-electron chi connectivity index (χ3n) is 3.24. The lowest BCUT2D eigenvalue weighted by Crippen LogP contribution is -2.24. The van der Waals surface area contributed by atoms with Crippen molar-refractivity contribution in [3.05, 3.63) is 47.7 Å². The highest BCUT2D eigenvalue weighted by atomic mass is 16.1. The fraction of sp³-hybridized carbons (Fsp3) is 0.250. The van der Waals surface area contributed by atoms with Crippen molar-refractivity contribution in [3.63, 3.8) is 0 Å². The number of nitriles is 1. The van der Waals surface area contributed by atoms with Crippen LogP contribution in [0.2, 0.25) is 0 Å². The van der Waals surface area contributed by atoms with Crippen molar-refractivity contribution in [2.75, 3.05) is 23.3 Å². The van der Waals surface area contributed by atoms with Crippen molar-refractivity contribution in [1.29, 1.82) is 5.26 Å². The summed E-state index contributed by atoms with van der Waals surface area (Å²) in [6.07, 6.45) is 0. The van der Waals surface area contributed by atoms with Crippen LogP contribution in [0.1, 0.15) is 29.9 Å². The van der Waals surface area contributed by atoms with Crippen LogP contribution in [0.4, 0.5) is 11.5 Å². The molecule has 22 heavy (non-hydrogen) atoms. The van der Waals surface area contributed by atoms with Crippen LogP contribution < -0.4 is 10.2 Å². The van der Waals surface area contributed by atoms with Crippen LogP contribution in [0.5, 0.6) is 0 Å². The van der Waals surface area contributed by atoms with Gasteiger partial charge in [-0.3, -0.25) is 4.79 Å². The summed E-state index contributed by atoms with van der Waals surface area (Å²) in [5.41, 5.74) is 1.40. The zero-order valence-corrected chi connectivity index (χ0v) is 12.6. The SMILES string of the molecule is CCN(CC)c1ccc(C(=O)Nc2ccc(C#N)cc2)nn1. The summed E-state index contributed by atoms with van der Waals surface area (Å²) in [5.74, 6) is 0.420. The first-order chi connectivity index (χ1) is 10.7. The molecule has 1 N–H and O–H groups in total. The molecule has 0 bridgehead atoms. The highest BCUT2D eigenvalue weighted by molar-refractivity contribution is 6.02. The van der Waals surface area contributed by atoms with Crippen LogP contribution in [-0.2, 0) is 0 Å². The molecule has 6 heteroatoms. The Morgan fingerprint density at radius 1 is 1.14 bits per heavy atom.